The first-order chi connectivity index (χ1) is 12.6. The maximum Gasteiger partial charge on any atom is 0.269 e. The first-order valence-electron chi connectivity index (χ1n) is 7.76. The highest BCUT2D eigenvalue weighted by Gasteiger charge is 2.09. The van der Waals surface area contributed by atoms with E-state index in [1.807, 2.05) is 30.3 Å². The van der Waals surface area contributed by atoms with E-state index >= 15 is 0 Å². The lowest BCUT2D eigenvalue weighted by Gasteiger charge is -2.06. The van der Waals surface area contributed by atoms with Gasteiger partial charge in [-0.25, -0.2) is 4.98 Å². The minimum Gasteiger partial charge on any atom is -0.484 e. The molecule has 1 amide bonds. The Morgan fingerprint density at radius 1 is 1.15 bits per heavy atom. The van der Waals surface area contributed by atoms with Crippen LogP contribution < -0.4 is 10.1 Å². The third-order valence-electron chi connectivity index (χ3n) is 3.47. The van der Waals surface area contributed by atoms with Crippen molar-refractivity contribution >= 4 is 11.6 Å². The van der Waals surface area contributed by atoms with Gasteiger partial charge in [0, 0.05) is 17.7 Å². The number of amides is 1. The molecule has 1 aromatic heterocycles. The first kappa shape index (κ1) is 17.2. The second-order valence-corrected chi connectivity index (χ2v) is 5.30. The number of non-ortho nitro benzene ring substituents is 1. The molecule has 0 radical (unpaired) electrons. The second kappa shape index (κ2) is 7.93. The number of oxazole rings is 1. The zero-order valence-corrected chi connectivity index (χ0v) is 13.6. The predicted molar refractivity (Wildman–Crippen MR) is 92.4 cm³/mol. The quantitative estimate of drug-likeness (QED) is 0.517. The summed E-state index contributed by atoms with van der Waals surface area (Å²) in [6, 6.07) is 15.0. The molecule has 0 fully saturated rings. The van der Waals surface area contributed by atoms with Gasteiger partial charge in [0.2, 0.25) is 5.89 Å². The number of hydrogen-bond acceptors (Lipinski definition) is 6. The molecule has 2 aromatic carbocycles. The van der Waals surface area contributed by atoms with E-state index in [4.69, 9.17) is 9.15 Å². The van der Waals surface area contributed by atoms with Crippen molar-refractivity contribution < 1.29 is 18.9 Å². The van der Waals surface area contributed by atoms with Crippen molar-refractivity contribution in [3.8, 4) is 17.1 Å². The normalized spacial score (nSPS) is 10.3. The van der Waals surface area contributed by atoms with Crippen LogP contribution in [0.3, 0.4) is 0 Å². The van der Waals surface area contributed by atoms with E-state index in [0.29, 0.717) is 17.4 Å². The first-order valence-corrected chi connectivity index (χ1v) is 7.76. The van der Waals surface area contributed by atoms with Crippen LogP contribution in [0, 0.1) is 10.1 Å². The lowest BCUT2D eigenvalue weighted by atomic mass is 10.2. The number of nitrogens with zero attached hydrogens (tertiary/aromatic N) is 2. The summed E-state index contributed by atoms with van der Waals surface area (Å²) in [6.07, 6.45) is 1.60. The Labute approximate surface area is 148 Å². The minimum atomic E-state index is -0.503. The molecular formula is C18H15N3O5. The molecule has 0 saturated carbocycles. The third-order valence-corrected chi connectivity index (χ3v) is 3.47. The van der Waals surface area contributed by atoms with Gasteiger partial charge in [-0.05, 0) is 12.1 Å². The number of ether oxygens (including phenoxy) is 1. The van der Waals surface area contributed by atoms with Gasteiger partial charge in [-0.1, -0.05) is 30.3 Å². The number of aromatic nitrogens is 1. The Bertz CT molecular complexity index is 891. The molecule has 0 unspecified atom stereocenters. The van der Waals surface area contributed by atoms with Crippen LogP contribution >= 0.6 is 0 Å². The highest BCUT2D eigenvalue weighted by atomic mass is 16.6. The number of rotatable bonds is 7. The van der Waals surface area contributed by atoms with Gasteiger partial charge in [-0.15, -0.1) is 0 Å². The highest BCUT2D eigenvalue weighted by Crippen LogP contribution is 2.19. The van der Waals surface area contributed by atoms with Gasteiger partial charge in [-0.2, -0.15) is 0 Å². The van der Waals surface area contributed by atoms with Crippen molar-refractivity contribution in [1.82, 2.24) is 10.3 Å². The minimum absolute atomic E-state index is 0.0417. The summed E-state index contributed by atoms with van der Waals surface area (Å²) in [6.45, 7) is -0.0840. The monoisotopic (exact) mass is 353 g/mol. The SMILES string of the molecule is O=C(COc1ccc([N+](=O)[O-])cc1)NCc1ncc(-c2ccccc2)o1. The predicted octanol–water partition coefficient (Wildman–Crippen LogP) is 2.95. The number of carbonyl (C=O) groups is 1. The second-order valence-electron chi connectivity index (χ2n) is 5.30. The van der Waals surface area contributed by atoms with E-state index in [1.54, 1.807) is 6.20 Å². The van der Waals surface area contributed by atoms with E-state index < -0.39 is 4.92 Å². The summed E-state index contributed by atoms with van der Waals surface area (Å²) < 4.78 is 10.9. The summed E-state index contributed by atoms with van der Waals surface area (Å²) in [7, 11) is 0. The van der Waals surface area contributed by atoms with Crippen LogP contribution in [-0.4, -0.2) is 22.4 Å². The molecule has 3 aromatic rings. The molecule has 132 valence electrons. The van der Waals surface area contributed by atoms with Crippen LogP contribution in [0.1, 0.15) is 5.89 Å². The van der Waals surface area contributed by atoms with E-state index in [2.05, 4.69) is 10.3 Å². The summed E-state index contributed by atoms with van der Waals surface area (Å²) >= 11 is 0. The zero-order valence-electron chi connectivity index (χ0n) is 13.6. The smallest absolute Gasteiger partial charge is 0.269 e. The van der Waals surface area contributed by atoms with Gasteiger partial charge >= 0.3 is 0 Å². The Morgan fingerprint density at radius 2 is 1.88 bits per heavy atom. The van der Waals surface area contributed by atoms with Crippen LogP contribution in [-0.2, 0) is 11.3 Å². The molecule has 3 rings (SSSR count). The summed E-state index contributed by atoms with van der Waals surface area (Å²) in [4.78, 5) is 26.0. The number of benzene rings is 2. The molecule has 0 bridgehead atoms. The summed E-state index contributed by atoms with van der Waals surface area (Å²) in [5.74, 6) is 1.01. The Morgan fingerprint density at radius 3 is 2.58 bits per heavy atom. The molecule has 0 aliphatic heterocycles. The number of nitro groups is 1. The van der Waals surface area contributed by atoms with Gasteiger partial charge in [0.1, 0.15) is 5.75 Å². The Hall–Kier alpha value is -3.68. The molecule has 0 aliphatic carbocycles. The standard InChI is InChI=1S/C18H15N3O5/c22-17(12-25-15-8-6-14(7-9-15)21(23)24)19-11-18-20-10-16(26-18)13-4-2-1-3-5-13/h1-10H,11-12H2,(H,19,22). The molecule has 8 nitrogen and oxygen atoms in total. The molecule has 8 heteroatoms. The fraction of sp³-hybridized carbons (Fsp3) is 0.111. The lowest BCUT2D eigenvalue weighted by molar-refractivity contribution is -0.384. The van der Waals surface area contributed by atoms with Crippen LogP contribution in [0.4, 0.5) is 5.69 Å². The maximum absolute atomic E-state index is 11.8. The van der Waals surface area contributed by atoms with Crippen LogP contribution in [0.15, 0.2) is 65.2 Å². The molecule has 1 heterocycles. The van der Waals surface area contributed by atoms with Crippen LogP contribution in [0.5, 0.6) is 5.75 Å². The lowest BCUT2D eigenvalue weighted by Crippen LogP contribution is -2.28. The molecule has 0 aliphatic rings. The van der Waals surface area contributed by atoms with Gasteiger partial charge < -0.3 is 14.5 Å². The number of hydrogen-bond donors (Lipinski definition) is 1. The Kier molecular flexibility index (Phi) is 5.23. The van der Waals surface area contributed by atoms with Crippen molar-refractivity contribution in [2.45, 2.75) is 6.54 Å². The molecule has 0 spiro atoms. The van der Waals surface area contributed by atoms with Crippen molar-refractivity contribution in [3.63, 3.8) is 0 Å². The third kappa shape index (κ3) is 4.44. The van der Waals surface area contributed by atoms with Crippen molar-refractivity contribution in [3.05, 3.63) is 76.8 Å². The molecular weight excluding hydrogens is 338 g/mol. The average Bonchev–Trinajstić information content (AvgIpc) is 3.15. The van der Waals surface area contributed by atoms with E-state index in [1.165, 1.54) is 24.3 Å². The molecule has 0 saturated heterocycles. The van der Waals surface area contributed by atoms with E-state index in [0.717, 1.165) is 5.56 Å². The molecule has 0 atom stereocenters. The van der Waals surface area contributed by atoms with Crippen molar-refractivity contribution in [2.24, 2.45) is 0 Å². The average molecular weight is 353 g/mol. The molecule has 1 N–H and O–H groups in total. The van der Waals surface area contributed by atoms with Gasteiger partial charge in [-0.3, -0.25) is 14.9 Å². The van der Waals surface area contributed by atoms with Crippen LogP contribution in [0.2, 0.25) is 0 Å². The molecule has 26 heavy (non-hydrogen) atoms. The maximum atomic E-state index is 11.8. The number of carbonyl (C=O) groups excluding carboxylic acids is 1. The largest absolute Gasteiger partial charge is 0.484 e. The fourth-order valence-corrected chi connectivity index (χ4v) is 2.17. The summed E-state index contributed by atoms with van der Waals surface area (Å²) in [5.41, 5.74) is 0.860. The van der Waals surface area contributed by atoms with Gasteiger partial charge in [0.25, 0.3) is 11.6 Å². The van der Waals surface area contributed by atoms with E-state index in [9.17, 15) is 14.9 Å². The van der Waals surface area contributed by atoms with Gasteiger partial charge in [0.15, 0.2) is 12.4 Å². The highest BCUT2D eigenvalue weighted by molar-refractivity contribution is 5.77. The summed E-state index contributed by atoms with van der Waals surface area (Å²) in [5, 5.41) is 13.2. The van der Waals surface area contributed by atoms with Crippen LogP contribution in [0.25, 0.3) is 11.3 Å². The Balaban J connectivity index is 1.47. The van der Waals surface area contributed by atoms with Crippen molar-refractivity contribution in [2.75, 3.05) is 6.61 Å². The van der Waals surface area contributed by atoms with Crippen molar-refractivity contribution in [1.29, 1.82) is 0 Å². The fourth-order valence-electron chi connectivity index (χ4n) is 2.17. The number of nitrogens with one attached hydrogen (secondary N) is 1. The van der Waals surface area contributed by atoms with E-state index in [-0.39, 0.29) is 24.7 Å². The topological polar surface area (TPSA) is 108 Å². The number of nitro benzene ring substituents is 1. The zero-order chi connectivity index (χ0) is 18.4. The van der Waals surface area contributed by atoms with Gasteiger partial charge in [0.05, 0.1) is 17.7 Å².